The van der Waals surface area contributed by atoms with Crippen molar-refractivity contribution in [3.63, 3.8) is 0 Å². The molecule has 2 aromatic rings. The summed E-state index contributed by atoms with van der Waals surface area (Å²) in [6, 6.07) is 15.2. The fraction of sp³-hybridized carbons (Fsp3) is 0.350. The van der Waals surface area contributed by atoms with Crippen LogP contribution in [0.1, 0.15) is 33.5 Å². The summed E-state index contributed by atoms with van der Waals surface area (Å²) in [5.41, 5.74) is 3.85. The average Bonchev–Trinajstić information content (AvgIpc) is 2.94. The Morgan fingerprint density at radius 2 is 1.56 bits per heavy atom. The van der Waals surface area contributed by atoms with Gasteiger partial charge in [-0.2, -0.15) is 0 Å². The van der Waals surface area contributed by atoms with Gasteiger partial charge in [0.2, 0.25) is 0 Å². The molecule has 1 saturated heterocycles. The number of rotatable bonds is 4. The average molecular weight is 357 g/mol. The van der Waals surface area contributed by atoms with Crippen LogP contribution in [0.4, 0.5) is 0 Å². The molecule has 0 aromatic heterocycles. The molecule has 0 aliphatic carbocycles. The monoisotopic (exact) mass is 357 g/mol. The summed E-state index contributed by atoms with van der Waals surface area (Å²) in [5.74, 6) is 0.0994. The number of nitrogens with zero attached hydrogens (tertiary/aromatic N) is 1. The minimum atomic E-state index is -3.06. The van der Waals surface area contributed by atoms with E-state index in [2.05, 4.69) is 0 Å². The van der Waals surface area contributed by atoms with Gasteiger partial charge in [-0.3, -0.25) is 4.79 Å². The number of amides is 1. The Morgan fingerprint density at radius 1 is 1.00 bits per heavy atom. The number of hydrogen-bond donors (Lipinski definition) is 0. The van der Waals surface area contributed by atoms with Gasteiger partial charge in [-0.1, -0.05) is 47.5 Å². The summed E-state index contributed by atoms with van der Waals surface area (Å²) in [7, 11) is -3.06. The Labute approximate surface area is 149 Å². The minimum absolute atomic E-state index is 0.0520. The van der Waals surface area contributed by atoms with Crippen LogP contribution in [0.25, 0.3) is 0 Å². The van der Waals surface area contributed by atoms with Gasteiger partial charge in [-0.05, 0) is 38.0 Å². The van der Waals surface area contributed by atoms with Crippen LogP contribution < -0.4 is 0 Å². The highest BCUT2D eigenvalue weighted by molar-refractivity contribution is 7.91. The maximum atomic E-state index is 13.1. The van der Waals surface area contributed by atoms with Crippen LogP contribution in [0.3, 0.4) is 0 Å². The summed E-state index contributed by atoms with van der Waals surface area (Å²) in [4.78, 5) is 14.8. The van der Waals surface area contributed by atoms with E-state index in [1.807, 2.05) is 62.4 Å². The van der Waals surface area contributed by atoms with Crippen molar-refractivity contribution < 1.29 is 13.2 Å². The number of sulfone groups is 1. The van der Waals surface area contributed by atoms with E-state index in [1.54, 1.807) is 4.90 Å². The van der Waals surface area contributed by atoms with Crippen molar-refractivity contribution in [2.75, 3.05) is 11.5 Å². The summed E-state index contributed by atoms with van der Waals surface area (Å²) >= 11 is 0. The largest absolute Gasteiger partial charge is 0.330 e. The van der Waals surface area contributed by atoms with E-state index in [4.69, 9.17) is 0 Å². The van der Waals surface area contributed by atoms with Crippen LogP contribution in [-0.4, -0.2) is 36.8 Å². The quantitative estimate of drug-likeness (QED) is 0.845. The zero-order valence-corrected chi connectivity index (χ0v) is 15.4. The van der Waals surface area contributed by atoms with Gasteiger partial charge in [0.05, 0.1) is 11.5 Å². The third-order valence-electron chi connectivity index (χ3n) is 4.68. The van der Waals surface area contributed by atoms with Gasteiger partial charge in [0.1, 0.15) is 0 Å². The third kappa shape index (κ3) is 4.28. The lowest BCUT2D eigenvalue weighted by Gasteiger charge is -2.28. The van der Waals surface area contributed by atoms with Crippen LogP contribution >= 0.6 is 0 Å². The van der Waals surface area contributed by atoms with Crippen LogP contribution in [0.2, 0.25) is 0 Å². The smallest absolute Gasteiger partial charge is 0.254 e. The lowest BCUT2D eigenvalue weighted by Crippen LogP contribution is -2.40. The molecule has 4 nitrogen and oxygen atoms in total. The zero-order chi connectivity index (χ0) is 18.0. The van der Waals surface area contributed by atoms with Crippen LogP contribution in [0.5, 0.6) is 0 Å². The normalized spacial score (nSPS) is 18.9. The lowest BCUT2D eigenvalue weighted by atomic mass is 10.1. The molecule has 1 fully saturated rings. The van der Waals surface area contributed by atoms with Crippen molar-refractivity contribution in [1.82, 2.24) is 4.90 Å². The topological polar surface area (TPSA) is 54.5 Å². The maximum absolute atomic E-state index is 13.1. The Bertz CT molecular complexity index is 855. The molecule has 1 amide bonds. The Morgan fingerprint density at radius 3 is 2.08 bits per heavy atom. The molecule has 1 atom stereocenters. The van der Waals surface area contributed by atoms with Gasteiger partial charge in [-0.25, -0.2) is 8.42 Å². The Kier molecular flexibility index (Phi) is 4.95. The van der Waals surface area contributed by atoms with E-state index < -0.39 is 9.84 Å². The van der Waals surface area contributed by atoms with Gasteiger partial charge in [-0.15, -0.1) is 0 Å². The van der Waals surface area contributed by atoms with Crippen molar-refractivity contribution in [2.45, 2.75) is 32.9 Å². The first-order valence-electron chi connectivity index (χ1n) is 8.48. The van der Waals surface area contributed by atoms with Crippen LogP contribution in [-0.2, 0) is 16.4 Å². The van der Waals surface area contributed by atoms with Gasteiger partial charge in [0, 0.05) is 18.2 Å². The van der Waals surface area contributed by atoms with Gasteiger partial charge < -0.3 is 4.90 Å². The molecule has 0 radical (unpaired) electrons. The molecule has 1 aliphatic heterocycles. The summed E-state index contributed by atoms with van der Waals surface area (Å²) < 4.78 is 23.8. The molecule has 0 unspecified atom stereocenters. The number of carbonyl (C=O) groups is 1. The second-order valence-corrected chi connectivity index (χ2v) is 9.07. The first kappa shape index (κ1) is 17.7. The van der Waals surface area contributed by atoms with E-state index in [0.717, 1.165) is 16.7 Å². The molecule has 0 spiro atoms. The van der Waals surface area contributed by atoms with Crippen molar-refractivity contribution >= 4 is 15.7 Å². The third-order valence-corrected chi connectivity index (χ3v) is 6.43. The molecule has 0 saturated carbocycles. The second kappa shape index (κ2) is 7.00. The van der Waals surface area contributed by atoms with Crippen LogP contribution in [0, 0.1) is 13.8 Å². The predicted molar refractivity (Wildman–Crippen MR) is 99.3 cm³/mol. The molecule has 3 rings (SSSR count). The summed E-state index contributed by atoms with van der Waals surface area (Å²) in [6.45, 7) is 4.41. The van der Waals surface area contributed by atoms with E-state index >= 15 is 0 Å². The number of hydrogen-bond acceptors (Lipinski definition) is 3. The summed E-state index contributed by atoms with van der Waals surface area (Å²) in [6.07, 6.45) is 0.506. The maximum Gasteiger partial charge on any atom is 0.254 e. The number of carbonyl (C=O) groups excluding carboxylic acids is 1. The van der Waals surface area contributed by atoms with Crippen molar-refractivity contribution in [3.8, 4) is 0 Å². The standard InChI is InChI=1S/C20H23NO3S/c1-15-3-7-17(8-4-15)13-21(19-11-12-25(23,24)14-19)20(22)18-9-5-16(2)6-10-18/h3-10,19H,11-14H2,1-2H3/t19-/m1/s1. The molecular weight excluding hydrogens is 334 g/mol. The van der Waals surface area contributed by atoms with Gasteiger partial charge >= 0.3 is 0 Å². The van der Waals surface area contributed by atoms with Crippen molar-refractivity contribution in [1.29, 1.82) is 0 Å². The SMILES string of the molecule is Cc1ccc(CN(C(=O)c2ccc(C)cc2)[C@@H]2CCS(=O)(=O)C2)cc1. The molecule has 5 heteroatoms. The van der Waals surface area contributed by atoms with E-state index in [9.17, 15) is 13.2 Å². The lowest BCUT2D eigenvalue weighted by molar-refractivity contribution is 0.0681. The van der Waals surface area contributed by atoms with E-state index in [0.29, 0.717) is 18.5 Å². The molecule has 0 N–H and O–H groups in total. The molecule has 0 bridgehead atoms. The Balaban J connectivity index is 1.89. The van der Waals surface area contributed by atoms with Gasteiger partial charge in [0.15, 0.2) is 9.84 Å². The molecular formula is C20H23NO3S. The fourth-order valence-electron chi connectivity index (χ4n) is 3.14. The van der Waals surface area contributed by atoms with E-state index in [-0.39, 0.29) is 23.5 Å². The first-order valence-corrected chi connectivity index (χ1v) is 10.3. The number of benzene rings is 2. The van der Waals surface area contributed by atoms with Gasteiger partial charge in [0.25, 0.3) is 5.91 Å². The molecule has 2 aromatic carbocycles. The molecule has 1 aliphatic rings. The highest BCUT2D eigenvalue weighted by Gasteiger charge is 2.35. The molecule has 1 heterocycles. The van der Waals surface area contributed by atoms with Crippen LogP contribution in [0.15, 0.2) is 48.5 Å². The Hall–Kier alpha value is -2.14. The highest BCUT2D eigenvalue weighted by atomic mass is 32.2. The van der Waals surface area contributed by atoms with E-state index in [1.165, 1.54) is 0 Å². The van der Waals surface area contributed by atoms with Crippen molar-refractivity contribution in [3.05, 3.63) is 70.8 Å². The molecule has 25 heavy (non-hydrogen) atoms. The molecule has 132 valence electrons. The summed E-state index contributed by atoms with van der Waals surface area (Å²) in [5, 5.41) is 0. The second-order valence-electron chi connectivity index (χ2n) is 6.84. The highest BCUT2D eigenvalue weighted by Crippen LogP contribution is 2.22. The predicted octanol–water partition coefficient (Wildman–Crippen LogP) is 3.13. The fourth-order valence-corrected chi connectivity index (χ4v) is 4.87. The first-order chi connectivity index (χ1) is 11.8. The number of aryl methyl sites for hydroxylation is 2. The zero-order valence-electron chi connectivity index (χ0n) is 14.6. The minimum Gasteiger partial charge on any atom is -0.330 e. The van der Waals surface area contributed by atoms with Crippen molar-refractivity contribution in [2.24, 2.45) is 0 Å².